The van der Waals surface area contributed by atoms with E-state index in [4.69, 9.17) is 5.73 Å². The van der Waals surface area contributed by atoms with Crippen molar-refractivity contribution >= 4 is 23.5 Å². The van der Waals surface area contributed by atoms with Crippen molar-refractivity contribution in [3.05, 3.63) is 0 Å². The van der Waals surface area contributed by atoms with Crippen LogP contribution in [-0.2, 0) is 0 Å². The Morgan fingerprint density at radius 1 is 1.38 bits per heavy atom. The molecule has 50 valence electrons. The van der Waals surface area contributed by atoms with Gasteiger partial charge in [0.1, 0.15) is 0 Å². The third-order valence-corrected chi connectivity index (χ3v) is 2.90. The maximum atomic E-state index is 5.28. The Labute approximate surface area is 59.8 Å². The normalized spacial score (nSPS) is 9.75. The van der Waals surface area contributed by atoms with Gasteiger partial charge in [-0.1, -0.05) is 6.92 Å². The predicted octanol–water partition coefficient (Wildman–Crippen LogP) is 1.39. The zero-order chi connectivity index (χ0) is 6.24. The molecule has 0 radical (unpaired) electrons. The monoisotopic (exact) mass is 151 g/mol. The maximum absolute atomic E-state index is 5.28. The lowest BCUT2D eigenvalue weighted by Gasteiger charge is -1.94. The molecule has 0 bridgehead atoms. The number of hydrogen-bond donors (Lipinski definition) is 1. The largest absolute Gasteiger partial charge is 0.330 e. The van der Waals surface area contributed by atoms with Crippen molar-refractivity contribution in [3.8, 4) is 0 Å². The van der Waals surface area contributed by atoms with Gasteiger partial charge in [-0.2, -0.15) is 11.8 Å². The smallest absolute Gasteiger partial charge is 0.0392 e. The summed E-state index contributed by atoms with van der Waals surface area (Å²) < 4.78 is 0. The van der Waals surface area contributed by atoms with E-state index < -0.39 is 0 Å². The molecule has 0 aromatic carbocycles. The highest BCUT2D eigenvalue weighted by molar-refractivity contribution is 8.15. The van der Waals surface area contributed by atoms with Crippen LogP contribution in [0.15, 0.2) is 0 Å². The zero-order valence-corrected chi connectivity index (χ0v) is 6.86. The van der Waals surface area contributed by atoms with Gasteiger partial charge in [-0.3, -0.25) is 0 Å². The Morgan fingerprint density at radius 2 is 2.12 bits per heavy atom. The van der Waals surface area contributed by atoms with E-state index in [9.17, 15) is 0 Å². The van der Waals surface area contributed by atoms with Gasteiger partial charge in [-0.25, -0.2) is 0 Å². The van der Waals surface area contributed by atoms with Crippen LogP contribution in [0.5, 0.6) is 0 Å². The molecular formula is C5H13NS2. The lowest BCUT2D eigenvalue weighted by molar-refractivity contribution is 1.15. The molecule has 0 saturated carbocycles. The highest BCUT2D eigenvalue weighted by Crippen LogP contribution is 2.09. The molecule has 0 saturated heterocycles. The third kappa shape index (κ3) is 6.66. The van der Waals surface area contributed by atoms with Gasteiger partial charge in [0, 0.05) is 17.4 Å². The standard InChI is InChI=1S/C5H13NS2/c1-2-7-5-8-4-3-6/h2-6H2,1H3. The van der Waals surface area contributed by atoms with Crippen molar-refractivity contribution in [2.75, 3.05) is 23.1 Å². The Kier molecular flexibility index (Phi) is 8.29. The molecule has 0 atom stereocenters. The minimum atomic E-state index is 0.814. The quantitative estimate of drug-likeness (QED) is 0.475. The van der Waals surface area contributed by atoms with Crippen molar-refractivity contribution in [1.82, 2.24) is 0 Å². The van der Waals surface area contributed by atoms with Crippen molar-refractivity contribution in [3.63, 3.8) is 0 Å². The molecule has 1 nitrogen and oxygen atoms in total. The molecular weight excluding hydrogens is 138 g/mol. The molecule has 8 heavy (non-hydrogen) atoms. The van der Waals surface area contributed by atoms with Gasteiger partial charge >= 0.3 is 0 Å². The van der Waals surface area contributed by atoms with Gasteiger partial charge < -0.3 is 5.73 Å². The van der Waals surface area contributed by atoms with E-state index in [0.717, 1.165) is 12.3 Å². The minimum absolute atomic E-state index is 0.814. The van der Waals surface area contributed by atoms with Crippen LogP contribution < -0.4 is 5.73 Å². The molecule has 0 aliphatic carbocycles. The molecule has 0 heterocycles. The summed E-state index contributed by atoms with van der Waals surface area (Å²) >= 11 is 3.87. The first-order valence-corrected chi connectivity index (χ1v) is 5.08. The van der Waals surface area contributed by atoms with Crippen LogP contribution in [0.1, 0.15) is 6.92 Å². The Bertz CT molecular complexity index is 35.4. The molecule has 0 spiro atoms. The SMILES string of the molecule is CCSCSCCN. The number of hydrogen-bond acceptors (Lipinski definition) is 3. The highest BCUT2D eigenvalue weighted by atomic mass is 32.2. The molecule has 2 N–H and O–H groups in total. The van der Waals surface area contributed by atoms with Crippen LogP contribution in [0.3, 0.4) is 0 Å². The first kappa shape index (κ1) is 8.66. The van der Waals surface area contributed by atoms with Gasteiger partial charge in [0.25, 0.3) is 0 Å². The summed E-state index contributed by atoms with van der Waals surface area (Å²) in [6, 6.07) is 0. The summed E-state index contributed by atoms with van der Waals surface area (Å²) in [5.74, 6) is 2.32. The van der Waals surface area contributed by atoms with Crippen LogP contribution in [0.25, 0.3) is 0 Å². The predicted molar refractivity (Wildman–Crippen MR) is 44.5 cm³/mol. The summed E-state index contributed by atoms with van der Waals surface area (Å²) in [5.41, 5.74) is 5.28. The topological polar surface area (TPSA) is 26.0 Å². The van der Waals surface area contributed by atoms with Gasteiger partial charge in [0.2, 0.25) is 0 Å². The van der Waals surface area contributed by atoms with E-state index in [-0.39, 0.29) is 0 Å². The van der Waals surface area contributed by atoms with Crippen LogP contribution in [0.4, 0.5) is 0 Å². The second-order valence-electron chi connectivity index (χ2n) is 1.31. The van der Waals surface area contributed by atoms with Crippen molar-refractivity contribution in [2.45, 2.75) is 6.92 Å². The molecule has 0 aliphatic rings. The molecule has 0 aliphatic heterocycles. The van der Waals surface area contributed by atoms with Crippen molar-refractivity contribution in [1.29, 1.82) is 0 Å². The fourth-order valence-electron chi connectivity index (χ4n) is 0.285. The van der Waals surface area contributed by atoms with E-state index in [0.29, 0.717) is 0 Å². The van der Waals surface area contributed by atoms with E-state index in [2.05, 4.69) is 6.92 Å². The third-order valence-electron chi connectivity index (χ3n) is 0.633. The molecule has 0 amide bonds. The summed E-state index contributed by atoms with van der Waals surface area (Å²) in [5, 5.41) is 1.20. The number of thioether (sulfide) groups is 2. The lowest BCUT2D eigenvalue weighted by Crippen LogP contribution is -2.01. The zero-order valence-electron chi connectivity index (χ0n) is 5.22. The fourth-order valence-corrected chi connectivity index (χ4v) is 2.06. The molecule has 0 unspecified atom stereocenters. The van der Waals surface area contributed by atoms with E-state index in [1.54, 1.807) is 0 Å². The fraction of sp³-hybridized carbons (Fsp3) is 1.00. The van der Waals surface area contributed by atoms with E-state index >= 15 is 0 Å². The van der Waals surface area contributed by atoms with Gasteiger partial charge in [-0.15, -0.1) is 11.8 Å². The second kappa shape index (κ2) is 7.66. The van der Waals surface area contributed by atoms with Crippen molar-refractivity contribution in [2.24, 2.45) is 5.73 Å². The summed E-state index contributed by atoms with van der Waals surface area (Å²) in [6.45, 7) is 2.99. The second-order valence-corrected chi connectivity index (χ2v) is 4.05. The number of nitrogens with two attached hydrogens (primary N) is 1. The number of rotatable bonds is 5. The van der Waals surface area contributed by atoms with Gasteiger partial charge in [0.15, 0.2) is 0 Å². The van der Waals surface area contributed by atoms with E-state index in [1.807, 2.05) is 23.5 Å². The average Bonchev–Trinajstić information content (AvgIpc) is 1.81. The lowest BCUT2D eigenvalue weighted by atomic mass is 10.8. The Hall–Kier alpha value is 0.660. The minimum Gasteiger partial charge on any atom is -0.330 e. The maximum Gasteiger partial charge on any atom is 0.0392 e. The molecule has 3 heteroatoms. The summed E-state index contributed by atoms with van der Waals surface area (Å²) in [4.78, 5) is 0. The van der Waals surface area contributed by atoms with Crippen molar-refractivity contribution < 1.29 is 0 Å². The molecule has 0 aromatic rings. The van der Waals surface area contributed by atoms with Crippen LogP contribution in [0.2, 0.25) is 0 Å². The molecule has 0 rings (SSSR count). The Morgan fingerprint density at radius 3 is 2.62 bits per heavy atom. The summed E-state index contributed by atoms with van der Waals surface area (Å²) in [6.07, 6.45) is 0. The van der Waals surface area contributed by atoms with Crippen LogP contribution >= 0.6 is 23.5 Å². The van der Waals surface area contributed by atoms with Gasteiger partial charge in [-0.05, 0) is 5.75 Å². The first-order chi connectivity index (χ1) is 3.91. The van der Waals surface area contributed by atoms with Gasteiger partial charge in [0.05, 0.1) is 0 Å². The van der Waals surface area contributed by atoms with Crippen LogP contribution in [0, 0.1) is 0 Å². The summed E-state index contributed by atoms with van der Waals surface area (Å²) in [7, 11) is 0. The Balaban J connectivity index is 2.53. The average molecular weight is 151 g/mol. The molecule has 0 fully saturated rings. The van der Waals surface area contributed by atoms with E-state index in [1.165, 1.54) is 10.8 Å². The highest BCUT2D eigenvalue weighted by Gasteiger charge is 1.83. The first-order valence-electron chi connectivity index (χ1n) is 2.77. The molecule has 0 aromatic heterocycles. The van der Waals surface area contributed by atoms with Crippen LogP contribution in [-0.4, -0.2) is 23.1 Å².